The van der Waals surface area contributed by atoms with Gasteiger partial charge in [0.25, 0.3) is 5.91 Å². The summed E-state index contributed by atoms with van der Waals surface area (Å²) < 4.78 is 0.642. The molecule has 3 nitrogen and oxygen atoms in total. The van der Waals surface area contributed by atoms with E-state index in [2.05, 4.69) is 21.2 Å². The van der Waals surface area contributed by atoms with E-state index in [0.717, 1.165) is 5.56 Å². The molecule has 0 spiro atoms. The lowest BCUT2D eigenvalue weighted by Crippen LogP contribution is -2.13. The van der Waals surface area contributed by atoms with Crippen LogP contribution < -0.4 is 11.1 Å². The number of rotatable bonds is 2. The van der Waals surface area contributed by atoms with E-state index in [1.807, 2.05) is 19.1 Å². The molecule has 2 aromatic carbocycles. The average Bonchev–Trinajstić information content (AvgIpc) is 2.32. The van der Waals surface area contributed by atoms with Gasteiger partial charge in [-0.1, -0.05) is 17.7 Å². The van der Waals surface area contributed by atoms with Gasteiger partial charge in [-0.15, -0.1) is 0 Å². The van der Waals surface area contributed by atoms with Crippen molar-refractivity contribution in [3.05, 3.63) is 57.0 Å². The molecule has 5 heteroatoms. The van der Waals surface area contributed by atoms with Gasteiger partial charge in [0.05, 0.1) is 16.9 Å². The highest BCUT2D eigenvalue weighted by Crippen LogP contribution is 2.24. The Morgan fingerprint density at radius 2 is 2.00 bits per heavy atom. The van der Waals surface area contributed by atoms with Crippen LogP contribution in [0.25, 0.3) is 0 Å². The molecule has 0 aliphatic heterocycles. The van der Waals surface area contributed by atoms with E-state index in [1.165, 1.54) is 0 Å². The van der Waals surface area contributed by atoms with Gasteiger partial charge in [-0.3, -0.25) is 4.79 Å². The van der Waals surface area contributed by atoms with Crippen molar-refractivity contribution in [1.82, 2.24) is 0 Å². The number of hydrogen-bond donors (Lipinski definition) is 2. The summed E-state index contributed by atoms with van der Waals surface area (Å²) in [5.74, 6) is -0.237. The first-order valence-corrected chi connectivity index (χ1v) is 6.77. The lowest BCUT2D eigenvalue weighted by atomic mass is 10.1. The van der Waals surface area contributed by atoms with Gasteiger partial charge in [0.1, 0.15) is 0 Å². The van der Waals surface area contributed by atoms with Crippen LogP contribution in [0, 0.1) is 6.92 Å². The summed E-state index contributed by atoms with van der Waals surface area (Å²) >= 11 is 9.16. The van der Waals surface area contributed by atoms with Crippen molar-refractivity contribution >= 4 is 44.8 Å². The van der Waals surface area contributed by atoms with E-state index < -0.39 is 0 Å². The Balaban J connectivity index is 2.25. The highest BCUT2D eigenvalue weighted by Gasteiger charge is 2.11. The summed E-state index contributed by atoms with van der Waals surface area (Å²) in [4.78, 5) is 12.1. The summed E-state index contributed by atoms with van der Waals surface area (Å²) in [6, 6.07) is 10.5. The molecule has 98 valence electrons. The Morgan fingerprint density at radius 3 is 2.63 bits per heavy atom. The van der Waals surface area contributed by atoms with E-state index in [-0.39, 0.29) is 5.91 Å². The molecule has 0 heterocycles. The van der Waals surface area contributed by atoms with Crippen molar-refractivity contribution in [2.45, 2.75) is 6.92 Å². The predicted octanol–water partition coefficient (Wildman–Crippen LogP) is 4.25. The number of anilines is 2. The first kappa shape index (κ1) is 13.9. The molecule has 0 radical (unpaired) electrons. The Morgan fingerprint density at radius 1 is 1.26 bits per heavy atom. The minimum Gasteiger partial charge on any atom is -0.397 e. The van der Waals surface area contributed by atoms with Gasteiger partial charge >= 0.3 is 0 Å². The maximum Gasteiger partial charge on any atom is 0.256 e. The van der Waals surface area contributed by atoms with Gasteiger partial charge in [0.15, 0.2) is 0 Å². The largest absolute Gasteiger partial charge is 0.397 e. The number of nitrogens with two attached hydrogens (primary N) is 1. The number of carbonyl (C=O) groups excluding carboxylic acids is 1. The lowest BCUT2D eigenvalue weighted by Gasteiger charge is -2.10. The predicted molar refractivity (Wildman–Crippen MR) is 82.7 cm³/mol. The molecule has 0 atom stereocenters. The zero-order chi connectivity index (χ0) is 14.0. The number of aryl methyl sites for hydroxylation is 1. The second-order valence-electron chi connectivity index (χ2n) is 4.17. The Labute approximate surface area is 124 Å². The van der Waals surface area contributed by atoms with Crippen LogP contribution in [0.3, 0.4) is 0 Å². The normalized spacial score (nSPS) is 10.3. The molecule has 0 aliphatic carbocycles. The molecule has 2 aromatic rings. The van der Waals surface area contributed by atoms with Crippen LogP contribution in [-0.2, 0) is 0 Å². The summed E-state index contributed by atoms with van der Waals surface area (Å²) in [5.41, 5.74) is 8.55. The second-order valence-corrected chi connectivity index (χ2v) is 5.46. The summed E-state index contributed by atoms with van der Waals surface area (Å²) in [5, 5.41) is 3.34. The summed E-state index contributed by atoms with van der Waals surface area (Å²) in [6.07, 6.45) is 0. The Kier molecular flexibility index (Phi) is 4.12. The molecule has 0 unspecified atom stereocenters. The molecule has 0 saturated heterocycles. The smallest absolute Gasteiger partial charge is 0.256 e. The highest BCUT2D eigenvalue weighted by atomic mass is 79.9. The number of nitrogen functional groups attached to an aromatic ring is 1. The molecule has 2 rings (SSSR count). The fourth-order valence-corrected chi connectivity index (χ4v) is 2.52. The first-order chi connectivity index (χ1) is 8.97. The van der Waals surface area contributed by atoms with Gasteiger partial charge in [0.2, 0.25) is 0 Å². The molecule has 19 heavy (non-hydrogen) atoms. The Hall–Kier alpha value is -1.52. The van der Waals surface area contributed by atoms with Crippen molar-refractivity contribution in [2.24, 2.45) is 0 Å². The number of halogens is 2. The van der Waals surface area contributed by atoms with E-state index in [9.17, 15) is 4.79 Å². The molecule has 1 amide bonds. The van der Waals surface area contributed by atoms with Crippen molar-refractivity contribution in [3.63, 3.8) is 0 Å². The summed E-state index contributed by atoms with van der Waals surface area (Å²) in [6.45, 7) is 1.94. The van der Waals surface area contributed by atoms with Crippen LogP contribution in [-0.4, -0.2) is 5.91 Å². The molecule has 0 fully saturated rings. The quantitative estimate of drug-likeness (QED) is 0.804. The van der Waals surface area contributed by atoms with Gasteiger partial charge in [0, 0.05) is 9.50 Å². The van der Waals surface area contributed by atoms with Crippen LogP contribution in [0.2, 0.25) is 5.02 Å². The highest BCUT2D eigenvalue weighted by molar-refractivity contribution is 9.10. The second kappa shape index (κ2) is 5.63. The van der Waals surface area contributed by atoms with Gasteiger partial charge < -0.3 is 11.1 Å². The molecule has 3 N–H and O–H groups in total. The van der Waals surface area contributed by atoms with Crippen molar-refractivity contribution in [2.75, 3.05) is 11.1 Å². The molecule has 0 bridgehead atoms. The van der Waals surface area contributed by atoms with E-state index in [4.69, 9.17) is 17.3 Å². The number of amides is 1. The third kappa shape index (κ3) is 3.28. The van der Waals surface area contributed by atoms with Crippen LogP contribution in [0.5, 0.6) is 0 Å². The topological polar surface area (TPSA) is 55.1 Å². The fraction of sp³-hybridized carbons (Fsp3) is 0.0714. The SMILES string of the molecule is Cc1ccc(NC(=O)c2ccc(Cl)cc2Br)c(N)c1. The van der Waals surface area contributed by atoms with Gasteiger partial charge in [-0.2, -0.15) is 0 Å². The maximum absolute atomic E-state index is 12.1. The first-order valence-electron chi connectivity index (χ1n) is 5.60. The van der Waals surface area contributed by atoms with Crippen LogP contribution >= 0.6 is 27.5 Å². The standard InChI is InChI=1S/C14H12BrClN2O/c1-8-2-5-13(12(17)6-8)18-14(19)10-4-3-9(16)7-11(10)15/h2-7H,17H2,1H3,(H,18,19). The monoisotopic (exact) mass is 338 g/mol. The van der Waals surface area contributed by atoms with Crippen molar-refractivity contribution < 1.29 is 4.79 Å². The van der Waals surface area contributed by atoms with E-state index in [1.54, 1.807) is 24.3 Å². The van der Waals surface area contributed by atoms with Crippen molar-refractivity contribution in [1.29, 1.82) is 0 Å². The minimum absolute atomic E-state index is 0.237. The third-order valence-corrected chi connectivity index (χ3v) is 3.52. The Bertz CT molecular complexity index is 643. The summed E-state index contributed by atoms with van der Waals surface area (Å²) in [7, 11) is 0. The molecule has 0 aliphatic rings. The van der Waals surface area contributed by atoms with E-state index >= 15 is 0 Å². The molecular weight excluding hydrogens is 328 g/mol. The van der Waals surface area contributed by atoms with Gasteiger partial charge in [-0.05, 0) is 58.7 Å². The number of hydrogen-bond acceptors (Lipinski definition) is 2. The fourth-order valence-electron chi connectivity index (χ4n) is 1.66. The minimum atomic E-state index is -0.237. The van der Waals surface area contributed by atoms with Crippen molar-refractivity contribution in [3.8, 4) is 0 Å². The maximum atomic E-state index is 12.1. The van der Waals surface area contributed by atoms with Crippen LogP contribution in [0.4, 0.5) is 11.4 Å². The lowest BCUT2D eigenvalue weighted by molar-refractivity contribution is 0.102. The van der Waals surface area contributed by atoms with E-state index in [0.29, 0.717) is 26.4 Å². The molecular formula is C14H12BrClN2O. The zero-order valence-electron chi connectivity index (χ0n) is 10.2. The molecule has 0 aromatic heterocycles. The van der Waals surface area contributed by atoms with Crippen LogP contribution in [0.15, 0.2) is 40.9 Å². The number of nitrogens with one attached hydrogen (secondary N) is 1. The third-order valence-electron chi connectivity index (χ3n) is 2.63. The molecule has 0 saturated carbocycles. The zero-order valence-corrected chi connectivity index (χ0v) is 12.5. The average molecular weight is 340 g/mol. The number of carbonyl (C=O) groups is 1. The van der Waals surface area contributed by atoms with Gasteiger partial charge in [-0.25, -0.2) is 0 Å². The van der Waals surface area contributed by atoms with Crippen LogP contribution in [0.1, 0.15) is 15.9 Å². The number of benzene rings is 2.